The van der Waals surface area contributed by atoms with Gasteiger partial charge in [-0.25, -0.2) is 0 Å². The molecule has 1 unspecified atom stereocenters. The molecule has 2 aromatic carbocycles. The largest absolute Gasteiger partial charge is 0.416 e. The fraction of sp³-hybridized carbons (Fsp3) is 0.316. The van der Waals surface area contributed by atoms with Crippen molar-refractivity contribution in [2.45, 2.75) is 38.5 Å². The molecule has 4 N–H and O–H groups in total. The highest BCUT2D eigenvalue weighted by molar-refractivity contribution is 5.94. The molecule has 2 aromatic rings. The third-order valence-electron chi connectivity index (χ3n) is 3.77. The number of hydrogen-bond donors (Lipinski definition) is 3. The fourth-order valence-electron chi connectivity index (χ4n) is 2.34. The Bertz CT molecular complexity index is 731. The maximum atomic E-state index is 13.0. The van der Waals surface area contributed by atoms with Gasteiger partial charge >= 0.3 is 6.18 Å². The molecule has 4 nitrogen and oxygen atoms in total. The van der Waals surface area contributed by atoms with Crippen molar-refractivity contribution in [1.82, 2.24) is 0 Å². The highest BCUT2D eigenvalue weighted by Crippen LogP contribution is 2.34. The average molecular weight is 365 g/mol. The molecule has 0 radical (unpaired) electrons. The molecule has 0 aliphatic rings. The van der Waals surface area contributed by atoms with Crippen molar-refractivity contribution < 1.29 is 18.0 Å². The molecule has 0 spiro atoms. The summed E-state index contributed by atoms with van der Waals surface area (Å²) in [6, 6.07) is 12.5. The number of rotatable bonds is 7. The van der Waals surface area contributed by atoms with Crippen LogP contribution >= 0.6 is 0 Å². The predicted molar refractivity (Wildman–Crippen MR) is 96.7 cm³/mol. The molecule has 0 bridgehead atoms. The maximum Gasteiger partial charge on any atom is 0.416 e. The Kier molecular flexibility index (Phi) is 6.63. The Morgan fingerprint density at radius 1 is 1.12 bits per heavy atom. The average Bonchev–Trinajstić information content (AvgIpc) is 2.59. The van der Waals surface area contributed by atoms with Crippen LogP contribution in [0.5, 0.6) is 0 Å². The lowest BCUT2D eigenvalue weighted by atomic mass is 10.1. The van der Waals surface area contributed by atoms with Crippen LogP contribution in [0.1, 0.15) is 30.9 Å². The number of nitrogens with two attached hydrogens (primary N) is 1. The molecule has 2 rings (SSSR count). The zero-order valence-electron chi connectivity index (χ0n) is 14.4. The lowest BCUT2D eigenvalue weighted by Gasteiger charge is -2.16. The Morgan fingerprint density at radius 3 is 2.42 bits per heavy atom. The Balaban J connectivity index is 2.18. The molecule has 0 heterocycles. The first-order valence-corrected chi connectivity index (χ1v) is 8.30. The summed E-state index contributed by atoms with van der Waals surface area (Å²) in [5.41, 5.74) is 6.30. The molecule has 0 aromatic heterocycles. The zero-order chi connectivity index (χ0) is 19.2. The van der Waals surface area contributed by atoms with Crippen molar-refractivity contribution in [3.05, 3.63) is 59.7 Å². The standard InChI is InChI=1S/C19H22F3N3O/c1-13(23)7-10-18(26)25-17-11-15(19(20,21)22)8-9-16(17)24-12-14-5-3-2-4-6-14/h2-6,8-9,11,13,24H,7,10,12,23H2,1H3,(H,25,26). The summed E-state index contributed by atoms with van der Waals surface area (Å²) in [6.45, 7) is 2.19. The number of anilines is 2. The minimum atomic E-state index is -4.48. The Hall–Kier alpha value is -2.54. The van der Waals surface area contributed by atoms with E-state index in [1.807, 2.05) is 30.3 Å². The first-order valence-electron chi connectivity index (χ1n) is 8.30. The van der Waals surface area contributed by atoms with Crippen LogP contribution in [-0.2, 0) is 17.5 Å². The highest BCUT2D eigenvalue weighted by atomic mass is 19.4. The summed E-state index contributed by atoms with van der Waals surface area (Å²) in [5, 5.41) is 5.63. The number of carbonyl (C=O) groups excluding carboxylic acids is 1. The van der Waals surface area contributed by atoms with E-state index in [9.17, 15) is 18.0 Å². The summed E-state index contributed by atoms with van der Waals surface area (Å²) < 4.78 is 39.0. The molecule has 0 aliphatic carbocycles. The predicted octanol–water partition coefficient (Wildman–Crippen LogP) is 4.38. The summed E-state index contributed by atoms with van der Waals surface area (Å²) in [5.74, 6) is -0.371. The van der Waals surface area contributed by atoms with E-state index in [1.54, 1.807) is 6.92 Å². The van der Waals surface area contributed by atoms with E-state index in [4.69, 9.17) is 5.73 Å². The van der Waals surface area contributed by atoms with Gasteiger partial charge in [-0.15, -0.1) is 0 Å². The van der Waals surface area contributed by atoms with Gasteiger partial charge in [-0.1, -0.05) is 30.3 Å². The summed E-state index contributed by atoms with van der Waals surface area (Å²) >= 11 is 0. The molecule has 1 amide bonds. The van der Waals surface area contributed by atoms with Crippen LogP contribution in [0, 0.1) is 0 Å². The van der Waals surface area contributed by atoms with Gasteiger partial charge in [0.15, 0.2) is 0 Å². The summed E-state index contributed by atoms with van der Waals surface area (Å²) in [6.07, 6.45) is -3.88. The molecule has 1 atom stereocenters. The molecule has 0 fully saturated rings. The SMILES string of the molecule is CC(N)CCC(=O)Nc1cc(C(F)(F)F)ccc1NCc1ccccc1. The van der Waals surface area contributed by atoms with Crippen LogP contribution in [0.15, 0.2) is 48.5 Å². The van der Waals surface area contributed by atoms with Gasteiger partial charge in [0.25, 0.3) is 0 Å². The quantitative estimate of drug-likeness (QED) is 0.682. The van der Waals surface area contributed by atoms with Gasteiger partial charge in [0, 0.05) is 19.0 Å². The number of alkyl halides is 3. The number of amides is 1. The number of benzene rings is 2. The summed E-state index contributed by atoms with van der Waals surface area (Å²) in [7, 11) is 0. The minimum Gasteiger partial charge on any atom is -0.379 e. The van der Waals surface area contributed by atoms with Gasteiger partial charge in [0.05, 0.1) is 16.9 Å². The molecule has 0 aliphatic heterocycles. The van der Waals surface area contributed by atoms with Crippen molar-refractivity contribution in [3.8, 4) is 0 Å². The van der Waals surface area contributed by atoms with E-state index < -0.39 is 11.7 Å². The molecule has 7 heteroatoms. The van der Waals surface area contributed by atoms with Gasteiger partial charge in [-0.05, 0) is 37.1 Å². The monoisotopic (exact) mass is 365 g/mol. The van der Waals surface area contributed by atoms with Gasteiger partial charge in [0.1, 0.15) is 0 Å². The second-order valence-electron chi connectivity index (χ2n) is 6.16. The third-order valence-corrected chi connectivity index (χ3v) is 3.77. The number of carbonyl (C=O) groups is 1. The normalized spacial score (nSPS) is 12.5. The van der Waals surface area contributed by atoms with Gasteiger partial charge in [0.2, 0.25) is 5.91 Å². The maximum absolute atomic E-state index is 13.0. The summed E-state index contributed by atoms with van der Waals surface area (Å²) in [4.78, 5) is 12.0. The van der Waals surface area contributed by atoms with E-state index in [0.717, 1.165) is 17.7 Å². The lowest BCUT2D eigenvalue weighted by molar-refractivity contribution is -0.137. The minimum absolute atomic E-state index is 0.102. The number of halogens is 3. The van der Waals surface area contributed by atoms with E-state index >= 15 is 0 Å². The molecule has 140 valence electrons. The van der Waals surface area contributed by atoms with Crippen molar-refractivity contribution in [2.24, 2.45) is 5.73 Å². The Morgan fingerprint density at radius 2 is 1.81 bits per heavy atom. The van der Waals surface area contributed by atoms with Crippen molar-refractivity contribution in [2.75, 3.05) is 10.6 Å². The third kappa shape index (κ3) is 6.07. The molecule has 0 saturated carbocycles. The number of hydrogen-bond acceptors (Lipinski definition) is 3. The van der Waals surface area contributed by atoms with E-state index in [0.29, 0.717) is 18.7 Å². The van der Waals surface area contributed by atoms with Crippen molar-refractivity contribution >= 4 is 17.3 Å². The second kappa shape index (κ2) is 8.71. The van der Waals surface area contributed by atoms with Crippen LogP contribution in [0.3, 0.4) is 0 Å². The molecule has 26 heavy (non-hydrogen) atoms. The van der Waals surface area contributed by atoms with Crippen LogP contribution < -0.4 is 16.4 Å². The van der Waals surface area contributed by atoms with Gasteiger partial charge in [-0.2, -0.15) is 13.2 Å². The smallest absolute Gasteiger partial charge is 0.379 e. The van der Waals surface area contributed by atoms with Gasteiger partial charge in [-0.3, -0.25) is 4.79 Å². The zero-order valence-corrected chi connectivity index (χ0v) is 14.4. The van der Waals surface area contributed by atoms with Crippen LogP contribution in [0.2, 0.25) is 0 Å². The fourth-order valence-corrected chi connectivity index (χ4v) is 2.34. The lowest BCUT2D eigenvalue weighted by Crippen LogP contribution is -2.20. The highest BCUT2D eigenvalue weighted by Gasteiger charge is 2.31. The van der Waals surface area contributed by atoms with Crippen molar-refractivity contribution in [3.63, 3.8) is 0 Å². The van der Waals surface area contributed by atoms with E-state index in [-0.39, 0.29) is 24.1 Å². The van der Waals surface area contributed by atoms with E-state index in [1.165, 1.54) is 6.07 Å². The number of nitrogens with one attached hydrogen (secondary N) is 2. The second-order valence-corrected chi connectivity index (χ2v) is 6.16. The molecular formula is C19H22F3N3O. The van der Waals surface area contributed by atoms with Gasteiger partial charge < -0.3 is 16.4 Å². The molecular weight excluding hydrogens is 343 g/mol. The first kappa shape index (κ1) is 19.8. The first-order chi connectivity index (χ1) is 12.3. The van der Waals surface area contributed by atoms with E-state index in [2.05, 4.69) is 10.6 Å². The topological polar surface area (TPSA) is 67.2 Å². The molecule has 0 saturated heterocycles. The van der Waals surface area contributed by atoms with Crippen LogP contribution in [-0.4, -0.2) is 11.9 Å². The Labute approximate surface area is 150 Å². The van der Waals surface area contributed by atoms with Crippen LogP contribution in [0.25, 0.3) is 0 Å². The van der Waals surface area contributed by atoms with Crippen molar-refractivity contribution in [1.29, 1.82) is 0 Å². The van der Waals surface area contributed by atoms with Crippen LogP contribution in [0.4, 0.5) is 24.5 Å².